The molecule has 2 bridgehead atoms. The Labute approximate surface area is 158 Å². The molecule has 0 aromatic rings. The summed E-state index contributed by atoms with van der Waals surface area (Å²) in [5, 5.41) is 23.3. The summed E-state index contributed by atoms with van der Waals surface area (Å²) in [5.74, 6) is -1.68. The van der Waals surface area contributed by atoms with Crippen molar-refractivity contribution in [2.75, 3.05) is 6.61 Å². The van der Waals surface area contributed by atoms with E-state index in [1.54, 1.807) is 0 Å². The first-order valence-corrected chi connectivity index (χ1v) is 10.2. The van der Waals surface area contributed by atoms with Crippen LogP contribution in [0.5, 0.6) is 0 Å². The van der Waals surface area contributed by atoms with Gasteiger partial charge in [0.15, 0.2) is 0 Å². The summed E-state index contributed by atoms with van der Waals surface area (Å²) in [4.78, 5) is 13.2. The lowest BCUT2D eigenvalue weighted by molar-refractivity contribution is -0.458. The average molecular weight is 376 g/mol. The quantitative estimate of drug-likeness (QED) is 0.673. The summed E-state index contributed by atoms with van der Waals surface area (Å²) in [5.41, 5.74) is -1.94. The van der Waals surface area contributed by atoms with Crippen LogP contribution in [0.15, 0.2) is 12.3 Å². The van der Waals surface area contributed by atoms with E-state index in [4.69, 9.17) is 14.2 Å². The predicted octanol–water partition coefficient (Wildman–Crippen LogP) is 1.39. The third kappa shape index (κ3) is 1.47. The van der Waals surface area contributed by atoms with Crippen molar-refractivity contribution in [3.05, 3.63) is 12.3 Å². The number of aliphatic hydroxyl groups excluding tert-OH is 1. The molecule has 10 atom stereocenters. The van der Waals surface area contributed by atoms with E-state index in [1.165, 1.54) is 6.92 Å². The molecule has 7 aliphatic rings. The van der Waals surface area contributed by atoms with Gasteiger partial charge in [-0.1, -0.05) is 20.4 Å². The van der Waals surface area contributed by atoms with E-state index in [0.717, 1.165) is 19.3 Å². The molecule has 0 unspecified atom stereocenters. The number of fused-ring (bicyclic) bond motifs is 3. The molecule has 6 nitrogen and oxygen atoms in total. The SMILES string of the molecule is C=C1O[C@@H]2[C@H]1CC[C@H]1[C@@]34CO[C@@](O)([C@@H](O)[C@@H]3C(C)(C)C[C@H]3O[C@H]34)[C@@]21C(C)=O. The third-order valence-electron chi connectivity index (χ3n) is 9.17. The molecule has 1 spiro atoms. The van der Waals surface area contributed by atoms with E-state index in [-0.39, 0.29) is 41.2 Å². The minimum atomic E-state index is -1.93. The molecule has 0 amide bonds. The van der Waals surface area contributed by atoms with Crippen LogP contribution in [-0.2, 0) is 19.0 Å². The van der Waals surface area contributed by atoms with E-state index in [2.05, 4.69) is 20.4 Å². The highest BCUT2D eigenvalue weighted by Gasteiger charge is 2.88. The minimum absolute atomic E-state index is 0.0152. The van der Waals surface area contributed by atoms with Gasteiger partial charge < -0.3 is 24.4 Å². The van der Waals surface area contributed by atoms with Gasteiger partial charge in [-0.15, -0.1) is 0 Å². The molecular formula is C21H28O6. The van der Waals surface area contributed by atoms with Crippen molar-refractivity contribution < 1.29 is 29.2 Å². The van der Waals surface area contributed by atoms with Gasteiger partial charge in [0.25, 0.3) is 0 Å². The fourth-order valence-electron chi connectivity index (χ4n) is 8.41. The summed E-state index contributed by atoms with van der Waals surface area (Å²) in [7, 11) is 0. The van der Waals surface area contributed by atoms with E-state index in [9.17, 15) is 15.0 Å². The Hall–Kier alpha value is -0.950. The van der Waals surface area contributed by atoms with Crippen LogP contribution in [0.1, 0.15) is 40.0 Å². The number of rotatable bonds is 1. The number of hydrogen-bond acceptors (Lipinski definition) is 6. The Morgan fingerprint density at radius 3 is 2.67 bits per heavy atom. The monoisotopic (exact) mass is 376 g/mol. The standard InChI is InChI=1S/C21H28O6/c1-9-11-5-6-13-19-8-25-21(24,20(13,10(2)22)16(11)26-9)15(23)14(19)18(3,4)7-12-17(19)27-12/h11-17,23-24H,1,5-8H2,2-4H3/t11-,12+,13-,14+,15-,16+,17+,19-,20+,21-/m0/s1. The van der Waals surface area contributed by atoms with Gasteiger partial charge in [0.05, 0.1) is 30.5 Å². The first-order chi connectivity index (χ1) is 12.6. The lowest BCUT2D eigenvalue weighted by Crippen LogP contribution is -2.87. The number of epoxide rings is 1. The molecule has 27 heavy (non-hydrogen) atoms. The van der Waals surface area contributed by atoms with Crippen molar-refractivity contribution in [3.63, 3.8) is 0 Å². The van der Waals surface area contributed by atoms with E-state index < -0.39 is 28.8 Å². The van der Waals surface area contributed by atoms with Crippen molar-refractivity contribution in [2.45, 2.75) is 70.2 Å². The van der Waals surface area contributed by atoms with Crippen molar-refractivity contribution in [3.8, 4) is 0 Å². The van der Waals surface area contributed by atoms with Gasteiger partial charge in [-0.3, -0.25) is 4.79 Å². The molecule has 2 N–H and O–H groups in total. The highest BCUT2D eigenvalue weighted by Crippen LogP contribution is 2.78. The number of carbonyl (C=O) groups is 1. The Kier molecular flexibility index (Phi) is 2.80. The van der Waals surface area contributed by atoms with Crippen LogP contribution in [-0.4, -0.2) is 52.8 Å². The number of carbonyl (C=O) groups excluding carboxylic acids is 1. The lowest BCUT2D eigenvalue weighted by Gasteiger charge is -2.75. The van der Waals surface area contributed by atoms with Gasteiger partial charge in [0.2, 0.25) is 5.79 Å². The third-order valence-corrected chi connectivity index (χ3v) is 9.17. The van der Waals surface area contributed by atoms with E-state index in [0.29, 0.717) is 12.4 Å². The summed E-state index contributed by atoms with van der Waals surface area (Å²) in [6.45, 7) is 10.1. The number of aliphatic hydroxyl groups is 2. The molecular weight excluding hydrogens is 348 g/mol. The fourth-order valence-corrected chi connectivity index (χ4v) is 8.41. The zero-order valence-corrected chi connectivity index (χ0v) is 16.1. The highest BCUT2D eigenvalue weighted by molar-refractivity contribution is 5.86. The highest BCUT2D eigenvalue weighted by atomic mass is 16.7. The molecule has 4 heterocycles. The maximum absolute atomic E-state index is 13.2. The van der Waals surface area contributed by atoms with Gasteiger partial charge in [-0.05, 0) is 37.5 Å². The molecule has 3 saturated carbocycles. The van der Waals surface area contributed by atoms with Gasteiger partial charge in [-0.25, -0.2) is 0 Å². The zero-order chi connectivity index (χ0) is 19.1. The Balaban J connectivity index is 1.61. The lowest BCUT2D eigenvalue weighted by atomic mass is 9.34. The molecule has 4 aliphatic heterocycles. The molecule has 4 saturated heterocycles. The van der Waals surface area contributed by atoms with Crippen molar-refractivity contribution >= 4 is 5.78 Å². The van der Waals surface area contributed by atoms with Crippen LogP contribution < -0.4 is 0 Å². The van der Waals surface area contributed by atoms with Crippen LogP contribution in [0, 0.1) is 34.0 Å². The second kappa shape index (κ2) is 4.45. The number of ketones is 1. The van der Waals surface area contributed by atoms with E-state index in [1.807, 2.05) is 0 Å². The number of hydrogen-bond donors (Lipinski definition) is 2. The van der Waals surface area contributed by atoms with Crippen LogP contribution in [0.25, 0.3) is 0 Å². The minimum Gasteiger partial charge on any atom is -0.493 e. The van der Waals surface area contributed by atoms with Crippen molar-refractivity contribution in [2.24, 2.45) is 34.0 Å². The topological polar surface area (TPSA) is 88.5 Å². The average Bonchev–Trinajstić information content (AvgIpc) is 3.34. The van der Waals surface area contributed by atoms with Crippen LogP contribution >= 0.6 is 0 Å². The first kappa shape index (κ1) is 17.0. The first-order valence-electron chi connectivity index (χ1n) is 10.2. The van der Waals surface area contributed by atoms with Crippen molar-refractivity contribution in [1.29, 1.82) is 0 Å². The second-order valence-corrected chi connectivity index (χ2v) is 10.5. The molecule has 7 rings (SSSR count). The fraction of sp³-hybridized carbons (Fsp3) is 0.857. The summed E-state index contributed by atoms with van der Waals surface area (Å²) in [6.07, 6.45) is 1.04. The van der Waals surface area contributed by atoms with Gasteiger partial charge in [0.1, 0.15) is 23.4 Å². The largest absolute Gasteiger partial charge is 0.493 e. The summed E-state index contributed by atoms with van der Waals surface area (Å²) < 4.78 is 18.1. The summed E-state index contributed by atoms with van der Waals surface area (Å²) in [6, 6.07) is 0. The normalized spacial score (nSPS) is 61.5. The molecule has 6 heteroatoms. The maximum Gasteiger partial charge on any atom is 0.209 e. The molecule has 0 aromatic carbocycles. The number of Topliss-reactive ketones (excluding diaryl/α,β-unsaturated/α-hetero) is 1. The maximum atomic E-state index is 13.2. The van der Waals surface area contributed by atoms with Crippen molar-refractivity contribution in [1.82, 2.24) is 0 Å². The Morgan fingerprint density at radius 1 is 1.26 bits per heavy atom. The Morgan fingerprint density at radius 2 is 2.00 bits per heavy atom. The number of ether oxygens (including phenoxy) is 3. The molecule has 0 aromatic heterocycles. The predicted molar refractivity (Wildman–Crippen MR) is 93.2 cm³/mol. The van der Waals surface area contributed by atoms with Crippen LogP contribution in [0.2, 0.25) is 0 Å². The van der Waals surface area contributed by atoms with Gasteiger partial charge in [-0.2, -0.15) is 0 Å². The molecule has 3 aliphatic carbocycles. The molecule has 7 fully saturated rings. The second-order valence-electron chi connectivity index (χ2n) is 10.5. The van der Waals surface area contributed by atoms with Crippen LogP contribution in [0.3, 0.4) is 0 Å². The van der Waals surface area contributed by atoms with Gasteiger partial charge >= 0.3 is 0 Å². The molecule has 148 valence electrons. The summed E-state index contributed by atoms with van der Waals surface area (Å²) >= 11 is 0. The smallest absolute Gasteiger partial charge is 0.209 e. The molecule has 0 radical (unpaired) electrons. The Bertz CT molecular complexity index is 777. The van der Waals surface area contributed by atoms with Crippen LogP contribution in [0.4, 0.5) is 0 Å². The van der Waals surface area contributed by atoms with E-state index >= 15 is 0 Å². The zero-order valence-electron chi connectivity index (χ0n) is 16.1. The van der Waals surface area contributed by atoms with Gasteiger partial charge in [0, 0.05) is 11.3 Å².